The molecule has 158 valence electrons. The number of hydrazine groups is 1. The number of nitrogens with two attached hydrogens (primary N) is 2. The van der Waals surface area contributed by atoms with Crippen LogP contribution in [0.2, 0.25) is 0 Å². The minimum Gasteiger partial charge on any atom is -0.368 e. The summed E-state index contributed by atoms with van der Waals surface area (Å²) in [5.74, 6) is -1.60. The Bertz CT molecular complexity index is 902. The van der Waals surface area contributed by atoms with E-state index >= 15 is 0 Å². The normalized spacial score (nSPS) is 10.1. The first-order valence-corrected chi connectivity index (χ1v) is 9.55. The molecule has 10 nitrogen and oxygen atoms in total. The van der Waals surface area contributed by atoms with Gasteiger partial charge in [-0.2, -0.15) is 10.0 Å². The van der Waals surface area contributed by atoms with E-state index in [0.717, 1.165) is 16.7 Å². The number of urea groups is 2. The van der Waals surface area contributed by atoms with Crippen LogP contribution in [0.4, 0.5) is 21.0 Å². The Kier molecular flexibility index (Phi) is 7.01. The van der Waals surface area contributed by atoms with E-state index in [9.17, 15) is 9.59 Å². The average molecular weight is 475 g/mol. The van der Waals surface area contributed by atoms with Crippen molar-refractivity contribution in [3.63, 3.8) is 0 Å². The average Bonchev–Trinajstić information content (AvgIpc) is 2.64. The number of para-hydroxylation sites is 2. The van der Waals surface area contributed by atoms with Gasteiger partial charge in [0.05, 0.1) is 5.69 Å². The third-order valence-corrected chi connectivity index (χ3v) is 4.87. The minimum absolute atomic E-state index is 0.424. The summed E-state index contributed by atoms with van der Waals surface area (Å²) in [6, 6.07) is 8.85. The van der Waals surface area contributed by atoms with Crippen LogP contribution in [0.25, 0.3) is 0 Å². The first kappa shape index (κ1) is 22.7. The summed E-state index contributed by atoms with van der Waals surface area (Å²) in [5.41, 5.74) is 14.3. The second kappa shape index (κ2) is 9.27. The molecule has 0 atom stereocenters. The van der Waals surface area contributed by atoms with Gasteiger partial charge < -0.3 is 22.1 Å². The van der Waals surface area contributed by atoms with E-state index in [-0.39, 0.29) is 0 Å². The van der Waals surface area contributed by atoms with Crippen molar-refractivity contribution in [3.8, 4) is 0 Å². The maximum atomic E-state index is 12.9. The molecular formula is C19H23BrN8O2. The van der Waals surface area contributed by atoms with Crippen molar-refractivity contribution in [1.29, 1.82) is 10.8 Å². The summed E-state index contributed by atoms with van der Waals surface area (Å²) in [7, 11) is 0. The molecule has 0 heterocycles. The van der Waals surface area contributed by atoms with E-state index in [1.54, 1.807) is 51.1 Å². The molecule has 0 aliphatic heterocycles. The highest BCUT2D eigenvalue weighted by atomic mass is 79.9. The Morgan fingerprint density at radius 1 is 0.800 bits per heavy atom. The number of hydrogen-bond acceptors (Lipinski definition) is 4. The number of halogens is 1. The molecule has 2 aromatic rings. The number of benzene rings is 2. The highest BCUT2D eigenvalue weighted by molar-refractivity contribution is 9.10. The largest absolute Gasteiger partial charge is 0.368 e. The Balaban J connectivity index is 2.38. The quantitative estimate of drug-likeness (QED) is 0.223. The zero-order valence-electron chi connectivity index (χ0n) is 16.7. The third-order valence-electron chi connectivity index (χ3n) is 4.21. The molecule has 30 heavy (non-hydrogen) atoms. The van der Waals surface area contributed by atoms with Gasteiger partial charge in [-0.1, -0.05) is 30.3 Å². The second-order valence-corrected chi connectivity index (χ2v) is 7.31. The van der Waals surface area contributed by atoms with Crippen molar-refractivity contribution in [2.24, 2.45) is 11.5 Å². The molecule has 0 saturated heterocycles. The Labute approximate surface area is 182 Å². The molecule has 0 aromatic heterocycles. The van der Waals surface area contributed by atoms with Gasteiger partial charge in [-0.25, -0.2) is 9.59 Å². The second-order valence-electron chi connectivity index (χ2n) is 6.45. The van der Waals surface area contributed by atoms with E-state index in [4.69, 9.17) is 22.3 Å². The molecule has 0 spiro atoms. The van der Waals surface area contributed by atoms with Gasteiger partial charge in [0.2, 0.25) is 11.9 Å². The number of guanidine groups is 2. The third kappa shape index (κ3) is 4.87. The summed E-state index contributed by atoms with van der Waals surface area (Å²) in [6.07, 6.45) is 0. The monoisotopic (exact) mass is 474 g/mol. The van der Waals surface area contributed by atoms with Gasteiger partial charge in [-0.05, 0) is 59.5 Å². The van der Waals surface area contributed by atoms with Gasteiger partial charge in [0.25, 0.3) is 0 Å². The number of nitrogens with zero attached hydrogens (tertiary/aromatic N) is 2. The van der Waals surface area contributed by atoms with Gasteiger partial charge >= 0.3 is 12.1 Å². The smallest absolute Gasteiger partial charge is 0.348 e. The lowest BCUT2D eigenvalue weighted by atomic mass is 10.1. The van der Waals surface area contributed by atoms with Crippen molar-refractivity contribution in [3.05, 3.63) is 57.6 Å². The molecule has 0 bridgehead atoms. The van der Waals surface area contributed by atoms with Crippen molar-refractivity contribution in [1.82, 2.24) is 10.0 Å². The van der Waals surface area contributed by atoms with E-state index < -0.39 is 24.0 Å². The van der Waals surface area contributed by atoms with Crippen molar-refractivity contribution in [2.45, 2.75) is 20.8 Å². The number of hydrogen-bond donors (Lipinski definition) is 6. The van der Waals surface area contributed by atoms with E-state index in [1.165, 1.54) is 0 Å². The summed E-state index contributed by atoms with van der Waals surface area (Å²) in [6.45, 7) is 5.37. The number of rotatable bonds is 2. The molecule has 0 unspecified atom stereocenters. The Hall–Kier alpha value is -3.60. The first-order chi connectivity index (χ1) is 14.0. The summed E-state index contributed by atoms with van der Waals surface area (Å²) in [5, 5.41) is 21.8. The van der Waals surface area contributed by atoms with Gasteiger partial charge in [0, 0.05) is 10.2 Å². The van der Waals surface area contributed by atoms with Crippen LogP contribution in [0.15, 0.2) is 40.9 Å². The van der Waals surface area contributed by atoms with Crippen LogP contribution in [0.5, 0.6) is 0 Å². The van der Waals surface area contributed by atoms with Gasteiger partial charge in [0.1, 0.15) is 0 Å². The molecule has 0 aliphatic rings. The summed E-state index contributed by atoms with van der Waals surface area (Å²) in [4.78, 5) is 25.8. The molecule has 2 aromatic carbocycles. The van der Waals surface area contributed by atoms with Crippen LogP contribution >= 0.6 is 15.9 Å². The van der Waals surface area contributed by atoms with Crippen molar-refractivity contribution in [2.75, 3.05) is 10.6 Å². The first-order valence-electron chi connectivity index (χ1n) is 8.76. The minimum atomic E-state index is -0.940. The Morgan fingerprint density at radius 3 is 1.57 bits per heavy atom. The highest BCUT2D eigenvalue weighted by Crippen LogP contribution is 2.26. The maximum absolute atomic E-state index is 12.9. The molecular weight excluding hydrogens is 452 g/mol. The fraction of sp³-hybridized carbons (Fsp3) is 0.158. The highest BCUT2D eigenvalue weighted by Gasteiger charge is 2.32. The van der Waals surface area contributed by atoms with E-state index in [0.29, 0.717) is 25.9 Å². The zero-order chi connectivity index (χ0) is 22.6. The van der Waals surface area contributed by atoms with Crippen LogP contribution in [-0.2, 0) is 0 Å². The number of carbonyl (C=O) groups excluding carboxylic acids is 2. The van der Waals surface area contributed by atoms with Crippen LogP contribution < -0.4 is 22.1 Å². The predicted octanol–water partition coefficient (Wildman–Crippen LogP) is 3.44. The fourth-order valence-corrected chi connectivity index (χ4v) is 3.30. The SMILES string of the molecule is Cc1cccc(C)c1NC(=O)N(C(=N)N)N(C(=N)N)C(=O)Nc1c(C)cccc1Br. The van der Waals surface area contributed by atoms with Crippen LogP contribution in [-0.4, -0.2) is 34.0 Å². The van der Waals surface area contributed by atoms with Crippen LogP contribution in [0, 0.1) is 31.6 Å². The fourth-order valence-electron chi connectivity index (χ4n) is 2.74. The van der Waals surface area contributed by atoms with Crippen molar-refractivity contribution >= 4 is 51.3 Å². The number of nitrogens with one attached hydrogen (secondary N) is 4. The topological polar surface area (TPSA) is 164 Å². The molecule has 0 aliphatic carbocycles. The predicted molar refractivity (Wildman–Crippen MR) is 120 cm³/mol. The Morgan fingerprint density at radius 2 is 1.17 bits per heavy atom. The lowest BCUT2D eigenvalue weighted by molar-refractivity contribution is 0.158. The lowest BCUT2D eigenvalue weighted by Gasteiger charge is -2.32. The van der Waals surface area contributed by atoms with Gasteiger partial charge in [-0.3, -0.25) is 10.8 Å². The molecule has 2 rings (SSSR count). The zero-order valence-corrected chi connectivity index (χ0v) is 18.3. The summed E-state index contributed by atoms with van der Waals surface area (Å²) >= 11 is 3.34. The molecule has 0 saturated carbocycles. The summed E-state index contributed by atoms with van der Waals surface area (Å²) < 4.78 is 0.591. The van der Waals surface area contributed by atoms with Crippen LogP contribution in [0.1, 0.15) is 16.7 Å². The van der Waals surface area contributed by atoms with Crippen molar-refractivity contribution < 1.29 is 9.59 Å². The number of anilines is 2. The molecule has 0 fully saturated rings. The number of carbonyl (C=O) groups is 2. The maximum Gasteiger partial charge on any atom is 0.348 e. The van der Waals surface area contributed by atoms with Gasteiger partial charge in [0.15, 0.2) is 0 Å². The standard InChI is InChI=1S/C19H23BrN8O2/c1-10-6-4-7-11(2)14(10)25-18(29)27(16(21)22)28(17(23)24)19(30)26-15-12(3)8-5-9-13(15)20/h4-9H,1-3H3,(H3,21,22)(H3,23,24)(H,25,29)(H,26,30). The number of amides is 4. The van der Waals surface area contributed by atoms with Crippen LogP contribution in [0.3, 0.4) is 0 Å². The molecule has 11 heteroatoms. The number of aryl methyl sites for hydroxylation is 3. The van der Waals surface area contributed by atoms with Gasteiger partial charge in [-0.15, -0.1) is 0 Å². The molecule has 8 N–H and O–H groups in total. The van der Waals surface area contributed by atoms with E-state index in [1.807, 2.05) is 6.07 Å². The molecule has 4 amide bonds. The lowest BCUT2D eigenvalue weighted by Crippen LogP contribution is -2.61. The van der Waals surface area contributed by atoms with E-state index in [2.05, 4.69) is 26.6 Å². The molecule has 0 radical (unpaired) electrons.